The Kier molecular flexibility index (Phi) is 6.21. The molecule has 6 nitrogen and oxygen atoms in total. The summed E-state index contributed by atoms with van der Waals surface area (Å²) in [5.74, 6) is 0.827. The van der Waals surface area contributed by atoms with Crippen LogP contribution in [0.25, 0.3) is 5.69 Å². The molecule has 22 heavy (non-hydrogen) atoms. The quantitative estimate of drug-likeness (QED) is 0.785. The van der Waals surface area contributed by atoms with E-state index in [2.05, 4.69) is 34.7 Å². The molecule has 0 saturated heterocycles. The van der Waals surface area contributed by atoms with Gasteiger partial charge in [0.1, 0.15) is 0 Å². The molecule has 8 heteroatoms. The topological polar surface area (TPSA) is 72.7 Å². The van der Waals surface area contributed by atoms with Crippen molar-refractivity contribution in [2.45, 2.75) is 25.4 Å². The molecular weight excluding hydrogens is 322 g/mol. The van der Waals surface area contributed by atoms with Crippen LogP contribution in [0.3, 0.4) is 0 Å². The van der Waals surface area contributed by atoms with Gasteiger partial charge in [-0.2, -0.15) is 4.68 Å². The Morgan fingerprint density at radius 2 is 2.27 bits per heavy atom. The van der Waals surface area contributed by atoms with Gasteiger partial charge in [0.15, 0.2) is 0 Å². The highest BCUT2D eigenvalue weighted by atomic mass is 35.5. The summed E-state index contributed by atoms with van der Waals surface area (Å²) in [6.45, 7) is 4.94. The Labute approximate surface area is 138 Å². The number of nitrogens with one attached hydrogen (secondary N) is 1. The standard InChI is InChI=1S/C14H18ClN5OS/c1-10(2)6-7-16-13(21)9-22-14-17-18-19-20(14)12-5-3-4-11(15)8-12/h3-5,8,10H,6-7,9H2,1-2H3,(H,16,21). The molecule has 2 rings (SSSR count). The first kappa shape index (κ1) is 16.8. The number of carbonyl (C=O) groups is 1. The van der Waals surface area contributed by atoms with Gasteiger partial charge in [0.25, 0.3) is 0 Å². The van der Waals surface area contributed by atoms with Crippen LogP contribution in [0.2, 0.25) is 5.02 Å². The Balaban J connectivity index is 1.92. The van der Waals surface area contributed by atoms with Crippen LogP contribution < -0.4 is 5.32 Å². The lowest BCUT2D eigenvalue weighted by Gasteiger charge is -2.07. The summed E-state index contributed by atoms with van der Waals surface area (Å²) >= 11 is 7.26. The number of halogens is 1. The number of hydrogen-bond acceptors (Lipinski definition) is 5. The van der Waals surface area contributed by atoms with Gasteiger partial charge >= 0.3 is 0 Å². The van der Waals surface area contributed by atoms with Crippen molar-refractivity contribution < 1.29 is 4.79 Å². The van der Waals surface area contributed by atoms with E-state index in [1.165, 1.54) is 11.8 Å². The van der Waals surface area contributed by atoms with Gasteiger partial charge in [0, 0.05) is 11.6 Å². The van der Waals surface area contributed by atoms with Gasteiger partial charge in [-0.1, -0.05) is 43.3 Å². The fourth-order valence-corrected chi connectivity index (χ4v) is 2.63. The number of benzene rings is 1. The first-order valence-electron chi connectivity index (χ1n) is 7.00. The Hall–Kier alpha value is -1.60. The number of aromatic nitrogens is 4. The van der Waals surface area contributed by atoms with Crippen LogP contribution in [0.5, 0.6) is 0 Å². The van der Waals surface area contributed by atoms with E-state index in [1.807, 2.05) is 12.1 Å². The predicted molar refractivity (Wildman–Crippen MR) is 87.4 cm³/mol. The summed E-state index contributed by atoms with van der Waals surface area (Å²) in [5.41, 5.74) is 0.764. The maximum Gasteiger partial charge on any atom is 0.230 e. The zero-order valence-electron chi connectivity index (χ0n) is 12.5. The molecule has 0 radical (unpaired) electrons. The lowest BCUT2D eigenvalue weighted by atomic mass is 10.1. The molecule has 1 N–H and O–H groups in total. The van der Waals surface area contributed by atoms with Gasteiger partial charge in [-0.3, -0.25) is 4.79 Å². The zero-order chi connectivity index (χ0) is 15.9. The molecule has 1 amide bonds. The highest BCUT2D eigenvalue weighted by molar-refractivity contribution is 7.99. The molecule has 0 saturated carbocycles. The van der Waals surface area contributed by atoms with Gasteiger partial charge in [-0.25, -0.2) is 0 Å². The molecule has 1 aromatic heterocycles. The number of hydrogen-bond donors (Lipinski definition) is 1. The molecule has 0 unspecified atom stereocenters. The second-order valence-corrected chi connectivity index (χ2v) is 6.55. The molecule has 118 valence electrons. The Bertz CT molecular complexity index is 631. The van der Waals surface area contributed by atoms with Crippen molar-refractivity contribution in [1.29, 1.82) is 0 Å². The number of tetrazole rings is 1. The molecule has 2 aromatic rings. The molecule has 0 fully saturated rings. The van der Waals surface area contributed by atoms with Crippen molar-refractivity contribution in [2.75, 3.05) is 12.3 Å². The second kappa shape index (κ2) is 8.14. The molecule has 1 aromatic carbocycles. The van der Waals surface area contributed by atoms with Gasteiger partial charge in [-0.15, -0.1) is 5.10 Å². The van der Waals surface area contributed by atoms with Crippen molar-refractivity contribution in [2.24, 2.45) is 5.92 Å². The van der Waals surface area contributed by atoms with Crippen molar-refractivity contribution in [3.63, 3.8) is 0 Å². The van der Waals surface area contributed by atoms with Crippen LogP contribution in [0.4, 0.5) is 0 Å². The van der Waals surface area contributed by atoms with Crippen LogP contribution in [0.1, 0.15) is 20.3 Å². The molecule has 0 bridgehead atoms. The first-order valence-corrected chi connectivity index (χ1v) is 8.36. The summed E-state index contributed by atoms with van der Waals surface area (Å²) in [4.78, 5) is 11.8. The number of amides is 1. The lowest BCUT2D eigenvalue weighted by Crippen LogP contribution is -2.27. The fraction of sp³-hybridized carbons (Fsp3) is 0.429. The van der Waals surface area contributed by atoms with E-state index >= 15 is 0 Å². The van der Waals surface area contributed by atoms with Gasteiger partial charge in [0.2, 0.25) is 11.1 Å². The number of nitrogens with zero attached hydrogens (tertiary/aromatic N) is 4. The fourth-order valence-electron chi connectivity index (χ4n) is 1.72. The van der Waals surface area contributed by atoms with E-state index in [1.54, 1.807) is 16.8 Å². The summed E-state index contributed by atoms with van der Waals surface area (Å²) in [7, 11) is 0. The summed E-state index contributed by atoms with van der Waals surface area (Å²) < 4.78 is 1.57. The van der Waals surface area contributed by atoms with E-state index in [0.29, 0.717) is 22.6 Å². The largest absolute Gasteiger partial charge is 0.355 e. The summed E-state index contributed by atoms with van der Waals surface area (Å²) in [5, 5.41) is 15.6. The van der Waals surface area contributed by atoms with E-state index < -0.39 is 0 Å². The summed E-state index contributed by atoms with van der Waals surface area (Å²) in [6.07, 6.45) is 0.969. The number of carbonyl (C=O) groups excluding carboxylic acids is 1. The van der Waals surface area contributed by atoms with Crippen LogP contribution in [-0.2, 0) is 4.79 Å². The van der Waals surface area contributed by atoms with Crippen molar-refractivity contribution >= 4 is 29.3 Å². The minimum Gasteiger partial charge on any atom is -0.355 e. The van der Waals surface area contributed by atoms with Crippen molar-refractivity contribution in [3.05, 3.63) is 29.3 Å². The zero-order valence-corrected chi connectivity index (χ0v) is 14.1. The minimum absolute atomic E-state index is 0.0219. The molecular formula is C14H18ClN5OS. The van der Waals surface area contributed by atoms with Crippen LogP contribution in [-0.4, -0.2) is 38.4 Å². The molecule has 0 spiro atoms. The maximum absolute atomic E-state index is 11.8. The van der Waals surface area contributed by atoms with E-state index in [0.717, 1.165) is 12.1 Å². The van der Waals surface area contributed by atoms with E-state index in [9.17, 15) is 4.79 Å². The predicted octanol–water partition coefficient (Wildman–Crippen LogP) is 2.57. The smallest absolute Gasteiger partial charge is 0.230 e. The third-order valence-electron chi connectivity index (χ3n) is 2.87. The SMILES string of the molecule is CC(C)CCNC(=O)CSc1nnnn1-c1cccc(Cl)c1. The monoisotopic (exact) mass is 339 g/mol. The summed E-state index contributed by atoms with van der Waals surface area (Å²) in [6, 6.07) is 7.23. The van der Waals surface area contributed by atoms with E-state index in [-0.39, 0.29) is 11.7 Å². The van der Waals surface area contributed by atoms with Crippen LogP contribution >= 0.6 is 23.4 Å². The van der Waals surface area contributed by atoms with Gasteiger partial charge in [-0.05, 0) is 41.0 Å². The highest BCUT2D eigenvalue weighted by Crippen LogP contribution is 2.20. The van der Waals surface area contributed by atoms with Gasteiger partial charge < -0.3 is 5.32 Å². The average Bonchev–Trinajstić information content (AvgIpc) is 2.93. The molecule has 1 heterocycles. The third-order valence-corrected chi connectivity index (χ3v) is 4.02. The van der Waals surface area contributed by atoms with Crippen LogP contribution in [0.15, 0.2) is 29.4 Å². The minimum atomic E-state index is -0.0219. The Morgan fingerprint density at radius 1 is 1.45 bits per heavy atom. The van der Waals surface area contributed by atoms with Crippen molar-refractivity contribution in [1.82, 2.24) is 25.5 Å². The molecule has 0 aliphatic carbocycles. The normalized spacial score (nSPS) is 10.9. The molecule has 0 atom stereocenters. The lowest BCUT2D eigenvalue weighted by molar-refractivity contribution is -0.118. The van der Waals surface area contributed by atoms with Crippen molar-refractivity contribution in [3.8, 4) is 5.69 Å². The average molecular weight is 340 g/mol. The second-order valence-electron chi connectivity index (χ2n) is 5.17. The third kappa shape index (κ3) is 4.99. The van der Waals surface area contributed by atoms with Crippen LogP contribution in [0, 0.1) is 5.92 Å². The Morgan fingerprint density at radius 3 is 3.00 bits per heavy atom. The highest BCUT2D eigenvalue weighted by Gasteiger charge is 2.11. The maximum atomic E-state index is 11.8. The molecule has 0 aliphatic rings. The van der Waals surface area contributed by atoms with E-state index in [4.69, 9.17) is 11.6 Å². The number of thioether (sulfide) groups is 1. The van der Waals surface area contributed by atoms with Gasteiger partial charge in [0.05, 0.1) is 11.4 Å². The number of rotatable bonds is 7. The molecule has 0 aliphatic heterocycles. The first-order chi connectivity index (χ1) is 10.6.